The van der Waals surface area contributed by atoms with E-state index in [0.29, 0.717) is 11.6 Å². The van der Waals surface area contributed by atoms with E-state index in [1.54, 1.807) is 0 Å². The third-order valence-electron chi connectivity index (χ3n) is 2.16. The Morgan fingerprint density at radius 1 is 1.57 bits per heavy atom. The zero-order chi connectivity index (χ0) is 10.3. The summed E-state index contributed by atoms with van der Waals surface area (Å²) >= 11 is 5.58. The predicted molar refractivity (Wildman–Crippen MR) is 51.7 cm³/mol. The molecule has 2 N–H and O–H groups in total. The molecular weight excluding hydrogens is 207 g/mol. The summed E-state index contributed by atoms with van der Waals surface area (Å²) in [5.74, 6) is -0.760. The first kappa shape index (κ1) is 9.43. The molecule has 0 bridgehead atoms. The van der Waals surface area contributed by atoms with Crippen molar-refractivity contribution in [3.63, 3.8) is 0 Å². The van der Waals surface area contributed by atoms with Gasteiger partial charge in [0.2, 0.25) is 5.91 Å². The number of β-lactam (4-membered cyclic amide) rings is 1. The molecule has 0 spiro atoms. The maximum absolute atomic E-state index is 13.3. The lowest BCUT2D eigenvalue weighted by Gasteiger charge is -2.36. The molecular formula is C9H8ClFN2O. The number of carbonyl (C=O) groups excluding carboxylic acids is 1. The van der Waals surface area contributed by atoms with Crippen LogP contribution in [0, 0.1) is 5.82 Å². The zero-order valence-corrected chi connectivity index (χ0v) is 7.96. The Balaban J connectivity index is 2.30. The normalized spacial score (nSPS) is 20.9. The number of hydrogen-bond acceptors (Lipinski definition) is 2. The average molecular weight is 215 g/mol. The minimum atomic E-state index is -0.502. The summed E-state index contributed by atoms with van der Waals surface area (Å²) < 4.78 is 13.3. The van der Waals surface area contributed by atoms with Crippen molar-refractivity contribution in [1.82, 2.24) is 0 Å². The molecule has 2 rings (SSSR count). The van der Waals surface area contributed by atoms with Crippen LogP contribution in [0.1, 0.15) is 0 Å². The van der Waals surface area contributed by atoms with E-state index in [1.165, 1.54) is 23.1 Å². The lowest BCUT2D eigenvalue weighted by Crippen LogP contribution is -2.61. The Labute approximate surface area is 85.3 Å². The fourth-order valence-electron chi connectivity index (χ4n) is 1.37. The highest BCUT2D eigenvalue weighted by molar-refractivity contribution is 6.30. The molecule has 1 aromatic carbocycles. The minimum Gasteiger partial charge on any atom is -0.318 e. The topological polar surface area (TPSA) is 46.3 Å². The Morgan fingerprint density at radius 2 is 2.29 bits per heavy atom. The molecule has 0 radical (unpaired) electrons. The minimum absolute atomic E-state index is 0.237. The molecule has 14 heavy (non-hydrogen) atoms. The van der Waals surface area contributed by atoms with Crippen LogP contribution in [0.15, 0.2) is 18.2 Å². The van der Waals surface area contributed by atoms with Gasteiger partial charge in [-0.1, -0.05) is 11.6 Å². The van der Waals surface area contributed by atoms with Crippen LogP contribution < -0.4 is 10.6 Å². The molecule has 1 amide bonds. The fourth-order valence-corrected chi connectivity index (χ4v) is 1.53. The molecule has 3 nitrogen and oxygen atoms in total. The summed E-state index contributed by atoms with van der Waals surface area (Å²) in [7, 11) is 0. The molecule has 1 aliphatic heterocycles. The largest absolute Gasteiger partial charge is 0.318 e. The van der Waals surface area contributed by atoms with Gasteiger partial charge in [0.05, 0.1) is 12.2 Å². The van der Waals surface area contributed by atoms with Gasteiger partial charge in [0.15, 0.2) is 0 Å². The van der Waals surface area contributed by atoms with Gasteiger partial charge < -0.3 is 10.6 Å². The third kappa shape index (κ3) is 1.36. The van der Waals surface area contributed by atoms with Crippen LogP contribution in [0.2, 0.25) is 5.02 Å². The quantitative estimate of drug-likeness (QED) is 0.713. The van der Waals surface area contributed by atoms with Crippen molar-refractivity contribution in [2.45, 2.75) is 6.04 Å². The number of carbonyl (C=O) groups is 1. The van der Waals surface area contributed by atoms with E-state index in [0.717, 1.165) is 0 Å². The molecule has 1 aromatic rings. The molecule has 1 unspecified atom stereocenters. The van der Waals surface area contributed by atoms with Crippen LogP contribution in [-0.2, 0) is 4.79 Å². The molecule has 5 heteroatoms. The third-order valence-corrected chi connectivity index (χ3v) is 2.40. The second-order valence-corrected chi connectivity index (χ2v) is 3.59. The van der Waals surface area contributed by atoms with E-state index in [4.69, 9.17) is 17.3 Å². The highest BCUT2D eigenvalue weighted by Gasteiger charge is 2.35. The molecule has 0 saturated carbocycles. The summed E-state index contributed by atoms with van der Waals surface area (Å²) in [4.78, 5) is 12.5. The number of hydrogen-bond donors (Lipinski definition) is 1. The van der Waals surface area contributed by atoms with Gasteiger partial charge in [0.1, 0.15) is 11.9 Å². The van der Waals surface area contributed by atoms with Crippen molar-refractivity contribution in [2.75, 3.05) is 11.4 Å². The van der Waals surface area contributed by atoms with E-state index in [-0.39, 0.29) is 11.6 Å². The number of nitrogens with zero attached hydrogens (tertiary/aromatic N) is 1. The smallest absolute Gasteiger partial charge is 0.245 e. The van der Waals surface area contributed by atoms with Gasteiger partial charge in [0, 0.05) is 5.02 Å². The van der Waals surface area contributed by atoms with E-state index in [1.807, 2.05) is 0 Å². The van der Waals surface area contributed by atoms with E-state index >= 15 is 0 Å². The van der Waals surface area contributed by atoms with Crippen molar-refractivity contribution in [2.24, 2.45) is 5.73 Å². The van der Waals surface area contributed by atoms with Gasteiger partial charge in [-0.2, -0.15) is 0 Å². The molecule has 74 valence electrons. The maximum atomic E-state index is 13.3. The average Bonchev–Trinajstić information content (AvgIpc) is 2.15. The summed E-state index contributed by atoms with van der Waals surface area (Å²) in [6, 6.07) is 3.69. The summed E-state index contributed by atoms with van der Waals surface area (Å²) in [6.45, 7) is 0.359. The highest BCUT2D eigenvalue weighted by Crippen LogP contribution is 2.26. The van der Waals surface area contributed by atoms with Crippen LogP contribution in [0.25, 0.3) is 0 Å². The monoisotopic (exact) mass is 214 g/mol. The molecule has 1 fully saturated rings. The van der Waals surface area contributed by atoms with Gasteiger partial charge in [-0.05, 0) is 18.2 Å². The number of rotatable bonds is 1. The standard InChI is InChI=1S/C9H8ClFN2O/c10-5-1-2-8(6(11)3-5)13-4-7(12)9(13)14/h1-3,7H,4,12H2. The van der Waals surface area contributed by atoms with Gasteiger partial charge in [-0.25, -0.2) is 4.39 Å². The van der Waals surface area contributed by atoms with Crippen molar-refractivity contribution >= 4 is 23.2 Å². The summed E-state index contributed by atoms with van der Waals surface area (Å²) in [6.07, 6.45) is 0. The molecule has 0 aliphatic carbocycles. The second kappa shape index (κ2) is 3.22. The predicted octanol–water partition coefficient (Wildman–Crippen LogP) is 1.15. The van der Waals surface area contributed by atoms with Gasteiger partial charge in [0.25, 0.3) is 0 Å². The van der Waals surface area contributed by atoms with Gasteiger partial charge in [-0.15, -0.1) is 0 Å². The Hall–Kier alpha value is -1.13. The summed E-state index contributed by atoms with van der Waals surface area (Å²) in [5.41, 5.74) is 5.63. The number of anilines is 1. The van der Waals surface area contributed by atoms with Crippen molar-refractivity contribution in [3.05, 3.63) is 29.0 Å². The molecule has 1 atom stereocenters. The van der Waals surface area contributed by atoms with Crippen molar-refractivity contribution in [1.29, 1.82) is 0 Å². The Kier molecular flexibility index (Phi) is 2.17. The fraction of sp³-hybridized carbons (Fsp3) is 0.222. The summed E-state index contributed by atoms with van der Waals surface area (Å²) in [5, 5.41) is 0.309. The van der Waals surface area contributed by atoms with Crippen LogP contribution in [0.5, 0.6) is 0 Å². The van der Waals surface area contributed by atoms with E-state index in [2.05, 4.69) is 0 Å². The van der Waals surface area contributed by atoms with Crippen LogP contribution in [0.4, 0.5) is 10.1 Å². The number of amides is 1. The van der Waals surface area contributed by atoms with Crippen LogP contribution in [0.3, 0.4) is 0 Å². The maximum Gasteiger partial charge on any atom is 0.245 e. The second-order valence-electron chi connectivity index (χ2n) is 3.15. The first-order valence-electron chi connectivity index (χ1n) is 4.11. The lowest BCUT2D eigenvalue weighted by molar-refractivity contribution is -0.123. The first-order valence-corrected chi connectivity index (χ1v) is 4.49. The highest BCUT2D eigenvalue weighted by atomic mass is 35.5. The van der Waals surface area contributed by atoms with Gasteiger partial charge >= 0.3 is 0 Å². The number of benzene rings is 1. The molecule has 1 saturated heterocycles. The Morgan fingerprint density at radius 3 is 2.79 bits per heavy atom. The molecule has 1 aliphatic rings. The van der Waals surface area contributed by atoms with Gasteiger partial charge in [-0.3, -0.25) is 4.79 Å². The Bertz CT molecular complexity index is 396. The van der Waals surface area contributed by atoms with E-state index in [9.17, 15) is 9.18 Å². The lowest BCUT2D eigenvalue weighted by atomic mass is 10.1. The SMILES string of the molecule is NC1CN(c2ccc(Cl)cc2F)C1=O. The zero-order valence-electron chi connectivity index (χ0n) is 7.21. The number of halogens is 2. The van der Waals surface area contributed by atoms with Crippen molar-refractivity contribution < 1.29 is 9.18 Å². The van der Waals surface area contributed by atoms with E-state index < -0.39 is 11.9 Å². The number of nitrogens with two attached hydrogens (primary N) is 1. The van der Waals surface area contributed by atoms with Crippen molar-refractivity contribution in [3.8, 4) is 0 Å². The molecule has 1 heterocycles. The van der Waals surface area contributed by atoms with Crippen LogP contribution in [-0.4, -0.2) is 18.5 Å². The molecule has 0 aromatic heterocycles. The van der Waals surface area contributed by atoms with Crippen LogP contribution >= 0.6 is 11.6 Å². The first-order chi connectivity index (χ1) is 6.59.